The van der Waals surface area contributed by atoms with Gasteiger partial charge in [0.1, 0.15) is 11.6 Å². The quantitative estimate of drug-likeness (QED) is 0.577. The van der Waals surface area contributed by atoms with Crippen LogP contribution in [0.3, 0.4) is 0 Å². The first-order valence-corrected chi connectivity index (χ1v) is 5.51. The summed E-state index contributed by atoms with van der Waals surface area (Å²) in [6.45, 7) is 2.02. The highest BCUT2D eigenvalue weighted by atomic mass is 16.5. The highest BCUT2D eigenvalue weighted by Gasteiger charge is 2.25. The van der Waals surface area contributed by atoms with Gasteiger partial charge in [0.15, 0.2) is 0 Å². The number of anilines is 1. The molecule has 5 heteroatoms. The Kier molecular flexibility index (Phi) is 3.26. The molecule has 0 atom stereocenters. The number of carbonyl (C=O) groups is 1. The lowest BCUT2D eigenvalue weighted by molar-refractivity contribution is -0.138. The lowest BCUT2D eigenvalue weighted by Crippen LogP contribution is -2.28. The Bertz CT molecular complexity index is 571. The number of hydrogen-bond donors (Lipinski definition) is 0. The van der Waals surface area contributed by atoms with E-state index in [4.69, 9.17) is 4.74 Å². The largest absolute Gasteiger partial charge is 0.461 e. The molecular formula is C13H12N2O3. The van der Waals surface area contributed by atoms with Crippen molar-refractivity contribution >= 4 is 23.2 Å². The SMILES string of the molecule is CCOC(=O)C1=CC(=C=O)c2cnccc2N1C. The normalized spacial score (nSPS) is 13.6. The summed E-state index contributed by atoms with van der Waals surface area (Å²) in [5, 5.41) is 0. The van der Waals surface area contributed by atoms with E-state index in [1.54, 1.807) is 37.3 Å². The van der Waals surface area contributed by atoms with E-state index >= 15 is 0 Å². The van der Waals surface area contributed by atoms with Crippen LogP contribution in [0.2, 0.25) is 0 Å². The molecule has 0 fully saturated rings. The summed E-state index contributed by atoms with van der Waals surface area (Å²) >= 11 is 0. The minimum absolute atomic E-state index is 0.285. The summed E-state index contributed by atoms with van der Waals surface area (Å²) in [5.74, 6) is 1.36. The number of ether oxygens (including phenoxy) is 1. The van der Waals surface area contributed by atoms with Crippen molar-refractivity contribution in [2.24, 2.45) is 0 Å². The summed E-state index contributed by atoms with van der Waals surface area (Å²) in [7, 11) is 1.74. The van der Waals surface area contributed by atoms with Gasteiger partial charge in [0.25, 0.3) is 0 Å². The molecule has 2 rings (SSSR count). The lowest BCUT2D eigenvalue weighted by atomic mass is 10.0. The molecule has 92 valence electrons. The third-order valence-electron chi connectivity index (χ3n) is 2.69. The smallest absolute Gasteiger partial charge is 0.354 e. The molecule has 0 aromatic carbocycles. The van der Waals surface area contributed by atoms with Crippen LogP contribution in [0.1, 0.15) is 12.5 Å². The molecular weight excluding hydrogens is 232 g/mol. The summed E-state index contributed by atoms with van der Waals surface area (Å²) in [6.07, 6.45) is 4.64. The molecule has 0 unspecified atom stereocenters. The first-order valence-electron chi connectivity index (χ1n) is 5.51. The van der Waals surface area contributed by atoms with Crippen molar-refractivity contribution in [1.82, 2.24) is 4.98 Å². The van der Waals surface area contributed by atoms with Crippen LogP contribution < -0.4 is 4.90 Å². The molecule has 5 nitrogen and oxygen atoms in total. The van der Waals surface area contributed by atoms with Gasteiger partial charge in [-0.25, -0.2) is 9.59 Å². The Morgan fingerprint density at radius 1 is 1.56 bits per heavy atom. The van der Waals surface area contributed by atoms with Gasteiger partial charge in [0.05, 0.1) is 17.9 Å². The van der Waals surface area contributed by atoms with E-state index in [1.807, 2.05) is 5.94 Å². The molecule has 1 aliphatic heterocycles. The Morgan fingerprint density at radius 3 is 3.00 bits per heavy atom. The summed E-state index contributed by atoms with van der Waals surface area (Å²) in [6, 6.07) is 1.74. The molecule has 1 aromatic rings. The summed E-state index contributed by atoms with van der Waals surface area (Å²) < 4.78 is 4.95. The van der Waals surface area contributed by atoms with Crippen LogP contribution >= 0.6 is 0 Å². The predicted octanol–water partition coefficient (Wildman–Crippen LogP) is 1.19. The number of carbonyl (C=O) groups excluding carboxylic acids is 2. The van der Waals surface area contributed by atoms with E-state index in [2.05, 4.69) is 4.98 Å². The molecule has 0 N–H and O–H groups in total. The van der Waals surface area contributed by atoms with Gasteiger partial charge in [-0.05, 0) is 19.1 Å². The Hall–Kier alpha value is -2.39. The van der Waals surface area contributed by atoms with Crippen molar-refractivity contribution in [3.63, 3.8) is 0 Å². The zero-order valence-electron chi connectivity index (χ0n) is 10.1. The van der Waals surface area contributed by atoms with E-state index < -0.39 is 5.97 Å². The first-order chi connectivity index (χ1) is 8.69. The third-order valence-corrected chi connectivity index (χ3v) is 2.69. The number of hydrogen-bond acceptors (Lipinski definition) is 5. The third kappa shape index (κ3) is 1.92. The number of esters is 1. The van der Waals surface area contributed by atoms with Crippen LogP contribution in [0, 0.1) is 0 Å². The molecule has 0 amide bonds. The van der Waals surface area contributed by atoms with Crippen LogP contribution in [0.4, 0.5) is 5.69 Å². The number of pyridine rings is 1. The summed E-state index contributed by atoms with van der Waals surface area (Å²) in [4.78, 5) is 28.4. The maximum atomic E-state index is 11.8. The topological polar surface area (TPSA) is 59.5 Å². The number of fused-ring (bicyclic) bond motifs is 1. The fraction of sp³-hybridized carbons (Fsp3) is 0.231. The van der Waals surface area contributed by atoms with Gasteiger partial charge < -0.3 is 9.64 Å². The van der Waals surface area contributed by atoms with E-state index in [1.165, 1.54) is 6.08 Å². The minimum atomic E-state index is -0.463. The zero-order chi connectivity index (χ0) is 13.1. The lowest BCUT2D eigenvalue weighted by Gasteiger charge is -2.27. The van der Waals surface area contributed by atoms with Gasteiger partial charge in [-0.15, -0.1) is 0 Å². The van der Waals surface area contributed by atoms with Gasteiger partial charge in [-0.2, -0.15) is 0 Å². The van der Waals surface area contributed by atoms with E-state index in [0.717, 1.165) is 5.69 Å². The Morgan fingerprint density at radius 2 is 2.33 bits per heavy atom. The first kappa shape index (κ1) is 12.1. The average Bonchev–Trinajstić information content (AvgIpc) is 2.40. The molecule has 0 bridgehead atoms. The molecule has 18 heavy (non-hydrogen) atoms. The summed E-state index contributed by atoms with van der Waals surface area (Å²) in [5.41, 5.74) is 2.00. The second kappa shape index (κ2) is 4.85. The molecule has 2 heterocycles. The zero-order valence-corrected chi connectivity index (χ0v) is 10.1. The number of likely N-dealkylation sites (N-methyl/N-ethyl adjacent to an activating group) is 1. The van der Waals surface area contributed by atoms with Crippen molar-refractivity contribution in [1.29, 1.82) is 0 Å². The van der Waals surface area contributed by atoms with E-state index in [-0.39, 0.29) is 6.61 Å². The maximum absolute atomic E-state index is 11.8. The molecule has 0 saturated heterocycles. The Labute approximate surface area is 104 Å². The predicted molar refractivity (Wildman–Crippen MR) is 66.5 cm³/mol. The highest BCUT2D eigenvalue weighted by molar-refractivity contribution is 6.06. The van der Waals surface area contributed by atoms with Crippen molar-refractivity contribution in [3.05, 3.63) is 35.8 Å². The molecule has 0 spiro atoms. The van der Waals surface area contributed by atoms with Crippen LogP contribution in [-0.2, 0) is 14.3 Å². The van der Waals surface area contributed by atoms with E-state index in [9.17, 15) is 9.59 Å². The molecule has 1 aliphatic rings. The number of rotatable bonds is 2. The van der Waals surface area contributed by atoms with Gasteiger partial charge in [0, 0.05) is 25.0 Å². The van der Waals surface area contributed by atoms with Crippen molar-refractivity contribution < 1.29 is 14.3 Å². The Balaban J connectivity index is 2.51. The van der Waals surface area contributed by atoms with Crippen LogP contribution in [0.5, 0.6) is 0 Å². The fourth-order valence-corrected chi connectivity index (χ4v) is 1.81. The second-order valence-electron chi connectivity index (χ2n) is 3.72. The van der Waals surface area contributed by atoms with Crippen LogP contribution in [0.25, 0.3) is 5.57 Å². The van der Waals surface area contributed by atoms with Gasteiger partial charge in [-0.1, -0.05) is 0 Å². The molecule has 1 aromatic heterocycles. The van der Waals surface area contributed by atoms with Gasteiger partial charge in [0.2, 0.25) is 0 Å². The molecule has 0 radical (unpaired) electrons. The fourth-order valence-electron chi connectivity index (χ4n) is 1.81. The van der Waals surface area contributed by atoms with E-state index in [0.29, 0.717) is 16.8 Å². The molecule has 0 saturated carbocycles. The number of aromatic nitrogens is 1. The van der Waals surface area contributed by atoms with Crippen molar-refractivity contribution in [2.45, 2.75) is 6.92 Å². The monoisotopic (exact) mass is 244 g/mol. The van der Waals surface area contributed by atoms with Crippen molar-refractivity contribution in [2.75, 3.05) is 18.6 Å². The van der Waals surface area contributed by atoms with Crippen LogP contribution in [0.15, 0.2) is 30.2 Å². The van der Waals surface area contributed by atoms with Crippen LogP contribution in [-0.4, -0.2) is 30.5 Å². The standard InChI is InChI=1S/C13H12N2O3/c1-3-18-13(17)12-6-9(8-16)10-7-14-5-4-11(10)15(12)2/h4-7H,3H2,1-2H3. The maximum Gasteiger partial charge on any atom is 0.354 e. The average molecular weight is 244 g/mol. The number of allylic oxidation sites excluding steroid dienone is 2. The van der Waals surface area contributed by atoms with Crippen molar-refractivity contribution in [3.8, 4) is 0 Å². The van der Waals surface area contributed by atoms with Gasteiger partial charge in [-0.3, -0.25) is 4.98 Å². The minimum Gasteiger partial charge on any atom is -0.461 e. The molecule has 0 aliphatic carbocycles. The second-order valence-corrected chi connectivity index (χ2v) is 3.72. The number of nitrogens with zero attached hydrogens (tertiary/aromatic N) is 2. The van der Waals surface area contributed by atoms with Gasteiger partial charge >= 0.3 is 5.97 Å². The highest BCUT2D eigenvalue weighted by Crippen LogP contribution is 2.33.